The van der Waals surface area contributed by atoms with Crippen molar-refractivity contribution in [2.75, 3.05) is 31.1 Å². The van der Waals surface area contributed by atoms with E-state index in [0.29, 0.717) is 12.0 Å². The summed E-state index contributed by atoms with van der Waals surface area (Å²) >= 11 is 5.76. The van der Waals surface area contributed by atoms with Crippen molar-refractivity contribution in [1.82, 2.24) is 14.9 Å². The number of carbonyl (C=O) groups is 1. The molecule has 1 fully saturated rings. The lowest BCUT2D eigenvalue weighted by Gasteiger charge is -2.36. The molecule has 0 atom stereocenters. The van der Waals surface area contributed by atoms with Crippen LogP contribution in [0.15, 0.2) is 6.20 Å². The van der Waals surface area contributed by atoms with Gasteiger partial charge in [0.1, 0.15) is 0 Å². The van der Waals surface area contributed by atoms with Gasteiger partial charge in [-0.05, 0) is 13.8 Å². The minimum absolute atomic E-state index is 0.0667. The van der Waals surface area contributed by atoms with Crippen LogP contribution in [0.3, 0.4) is 0 Å². The third kappa shape index (κ3) is 3.13. The molecule has 1 aromatic heterocycles. The molecule has 7 heteroatoms. The molecule has 0 unspecified atom stereocenters. The Morgan fingerprint density at radius 2 is 2.00 bits per heavy atom. The summed E-state index contributed by atoms with van der Waals surface area (Å²) in [5.41, 5.74) is -0.141. The van der Waals surface area contributed by atoms with E-state index in [-0.39, 0.29) is 10.7 Å². The number of hydrogen-bond donors (Lipinski definition) is 1. The van der Waals surface area contributed by atoms with Gasteiger partial charge in [0.2, 0.25) is 5.95 Å². The molecular formula is C12H17ClN4O2. The van der Waals surface area contributed by atoms with Crippen LogP contribution in [0.25, 0.3) is 0 Å². The van der Waals surface area contributed by atoms with Gasteiger partial charge < -0.3 is 10.0 Å². The fourth-order valence-corrected chi connectivity index (χ4v) is 2.27. The van der Waals surface area contributed by atoms with Crippen LogP contribution in [0.5, 0.6) is 0 Å². The van der Waals surface area contributed by atoms with Crippen molar-refractivity contribution in [3.05, 3.63) is 16.9 Å². The topological polar surface area (TPSA) is 69.6 Å². The molecule has 0 amide bonds. The summed E-state index contributed by atoms with van der Waals surface area (Å²) in [4.78, 5) is 23.5. The summed E-state index contributed by atoms with van der Waals surface area (Å²) < 4.78 is 0. The Balaban J connectivity index is 2.12. The van der Waals surface area contributed by atoms with E-state index >= 15 is 0 Å². The Hall–Kier alpha value is -1.40. The first kappa shape index (κ1) is 14.0. The van der Waals surface area contributed by atoms with Crippen molar-refractivity contribution in [1.29, 1.82) is 0 Å². The predicted octanol–water partition coefficient (Wildman–Crippen LogP) is 1.36. The summed E-state index contributed by atoms with van der Waals surface area (Å²) in [5, 5.41) is 9.07. The summed E-state index contributed by atoms with van der Waals surface area (Å²) in [6.45, 7) is 7.75. The van der Waals surface area contributed by atoms with Gasteiger partial charge in [-0.15, -0.1) is 0 Å². The fourth-order valence-electron chi connectivity index (χ4n) is 2.10. The van der Waals surface area contributed by atoms with Crippen LogP contribution in [0, 0.1) is 0 Å². The normalized spacial score (nSPS) is 16.9. The molecule has 0 radical (unpaired) electrons. The zero-order valence-corrected chi connectivity index (χ0v) is 11.8. The maximum Gasteiger partial charge on any atom is 0.356 e. The summed E-state index contributed by atoms with van der Waals surface area (Å²) in [7, 11) is 0. The second-order valence-corrected chi connectivity index (χ2v) is 5.20. The first-order valence-electron chi connectivity index (χ1n) is 6.24. The number of anilines is 1. The van der Waals surface area contributed by atoms with E-state index in [1.54, 1.807) is 0 Å². The van der Waals surface area contributed by atoms with Crippen LogP contribution in [-0.2, 0) is 0 Å². The number of aromatic nitrogens is 2. The van der Waals surface area contributed by atoms with E-state index in [0.717, 1.165) is 26.2 Å². The number of carboxylic acids is 1. The van der Waals surface area contributed by atoms with Crippen LogP contribution >= 0.6 is 11.6 Å². The van der Waals surface area contributed by atoms with Gasteiger partial charge in [-0.2, -0.15) is 0 Å². The molecule has 0 bridgehead atoms. The molecule has 2 rings (SSSR count). The first-order chi connectivity index (χ1) is 8.99. The van der Waals surface area contributed by atoms with E-state index in [1.807, 2.05) is 4.90 Å². The van der Waals surface area contributed by atoms with Gasteiger partial charge in [0.25, 0.3) is 0 Å². The molecule has 1 aliphatic rings. The van der Waals surface area contributed by atoms with Crippen molar-refractivity contribution >= 4 is 23.5 Å². The Morgan fingerprint density at radius 3 is 2.53 bits per heavy atom. The third-order valence-electron chi connectivity index (χ3n) is 3.26. The van der Waals surface area contributed by atoms with Crippen LogP contribution in [0.2, 0.25) is 5.02 Å². The number of carboxylic acid groups (broad SMARTS) is 1. The quantitative estimate of drug-likeness (QED) is 0.904. The average Bonchev–Trinajstić information content (AvgIpc) is 2.39. The molecule has 6 nitrogen and oxygen atoms in total. The van der Waals surface area contributed by atoms with Crippen LogP contribution in [-0.4, -0.2) is 58.2 Å². The highest BCUT2D eigenvalue weighted by atomic mass is 35.5. The van der Waals surface area contributed by atoms with Gasteiger partial charge in [0.15, 0.2) is 5.69 Å². The molecule has 0 spiro atoms. The maximum atomic E-state index is 11.0. The number of nitrogens with zero attached hydrogens (tertiary/aromatic N) is 4. The minimum Gasteiger partial charge on any atom is -0.476 e. The van der Waals surface area contributed by atoms with E-state index in [4.69, 9.17) is 16.7 Å². The standard InChI is InChI=1S/C12H17ClN4O2/c1-8(2)16-3-5-17(6-4-16)12-14-7-9(13)10(15-12)11(18)19/h7-8H,3-6H2,1-2H3,(H,18,19). The monoisotopic (exact) mass is 284 g/mol. The number of halogens is 1. The second kappa shape index (κ2) is 5.71. The zero-order valence-electron chi connectivity index (χ0n) is 11.0. The largest absolute Gasteiger partial charge is 0.476 e. The van der Waals surface area contributed by atoms with Gasteiger partial charge in [0, 0.05) is 32.2 Å². The molecule has 0 saturated carbocycles. The fraction of sp³-hybridized carbons (Fsp3) is 0.583. The van der Waals surface area contributed by atoms with Gasteiger partial charge in [-0.25, -0.2) is 14.8 Å². The van der Waals surface area contributed by atoms with Crippen molar-refractivity contribution in [3.8, 4) is 0 Å². The van der Waals surface area contributed by atoms with Crippen LogP contribution in [0.1, 0.15) is 24.3 Å². The Kier molecular flexibility index (Phi) is 4.21. The second-order valence-electron chi connectivity index (χ2n) is 4.79. The van der Waals surface area contributed by atoms with E-state index in [9.17, 15) is 4.79 Å². The van der Waals surface area contributed by atoms with Crippen molar-refractivity contribution in [2.24, 2.45) is 0 Å². The number of hydrogen-bond acceptors (Lipinski definition) is 5. The number of piperazine rings is 1. The Labute approximate surface area is 117 Å². The Morgan fingerprint density at radius 1 is 1.37 bits per heavy atom. The highest BCUT2D eigenvalue weighted by Crippen LogP contribution is 2.18. The molecule has 1 aromatic rings. The minimum atomic E-state index is -1.13. The van der Waals surface area contributed by atoms with Crippen molar-refractivity contribution in [2.45, 2.75) is 19.9 Å². The maximum absolute atomic E-state index is 11.0. The predicted molar refractivity (Wildman–Crippen MR) is 72.9 cm³/mol. The molecule has 19 heavy (non-hydrogen) atoms. The summed E-state index contributed by atoms with van der Waals surface area (Å²) in [5.74, 6) is -0.695. The highest BCUT2D eigenvalue weighted by molar-refractivity contribution is 6.33. The van der Waals surface area contributed by atoms with Gasteiger partial charge in [-0.1, -0.05) is 11.6 Å². The molecule has 104 valence electrons. The van der Waals surface area contributed by atoms with Crippen molar-refractivity contribution in [3.63, 3.8) is 0 Å². The van der Waals surface area contributed by atoms with Crippen LogP contribution in [0.4, 0.5) is 5.95 Å². The van der Waals surface area contributed by atoms with Gasteiger partial charge in [0.05, 0.1) is 11.2 Å². The molecule has 1 aliphatic heterocycles. The third-order valence-corrected chi connectivity index (χ3v) is 3.54. The summed E-state index contributed by atoms with van der Waals surface area (Å²) in [6, 6.07) is 0.517. The smallest absolute Gasteiger partial charge is 0.356 e. The molecule has 2 heterocycles. The molecule has 0 aliphatic carbocycles. The lowest BCUT2D eigenvalue weighted by atomic mass is 10.2. The summed E-state index contributed by atoms with van der Waals surface area (Å²) in [6.07, 6.45) is 1.35. The Bertz CT molecular complexity index is 473. The lowest BCUT2D eigenvalue weighted by molar-refractivity contribution is 0.0690. The molecule has 1 N–H and O–H groups in total. The first-order valence-corrected chi connectivity index (χ1v) is 6.61. The van der Waals surface area contributed by atoms with Gasteiger partial charge >= 0.3 is 5.97 Å². The zero-order chi connectivity index (χ0) is 14.0. The van der Waals surface area contributed by atoms with E-state index in [2.05, 4.69) is 28.7 Å². The average molecular weight is 285 g/mol. The molecule has 0 aromatic carbocycles. The highest BCUT2D eigenvalue weighted by Gasteiger charge is 2.22. The lowest BCUT2D eigenvalue weighted by Crippen LogP contribution is -2.49. The number of aromatic carboxylic acids is 1. The number of rotatable bonds is 3. The van der Waals surface area contributed by atoms with Crippen LogP contribution < -0.4 is 4.90 Å². The van der Waals surface area contributed by atoms with Gasteiger partial charge in [-0.3, -0.25) is 4.90 Å². The van der Waals surface area contributed by atoms with Crippen molar-refractivity contribution < 1.29 is 9.90 Å². The SMILES string of the molecule is CC(C)N1CCN(c2ncc(Cl)c(C(=O)O)n2)CC1. The molecular weight excluding hydrogens is 268 g/mol. The van der Waals surface area contributed by atoms with E-state index < -0.39 is 5.97 Å². The van der Waals surface area contributed by atoms with E-state index in [1.165, 1.54) is 6.20 Å². The molecule has 1 saturated heterocycles.